The summed E-state index contributed by atoms with van der Waals surface area (Å²) in [4.78, 5) is 8.26. The second kappa shape index (κ2) is 9.09. The zero-order chi connectivity index (χ0) is 20.4. The van der Waals surface area contributed by atoms with Gasteiger partial charge in [-0.3, -0.25) is 0 Å². The number of nitrogens with zero attached hydrogens (tertiary/aromatic N) is 3. The zero-order valence-corrected chi connectivity index (χ0v) is 17.8. The second-order valence-electron chi connectivity index (χ2n) is 7.89. The predicted octanol–water partition coefficient (Wildman–Crippen LogP) is 2.12. The zero-order valence-electron chi connectivity index (χ0n) is 16.2. The first-order valence-electron chi connectivity index (χ1n) is 10.2. The highest BCUT2D eigenvalue weighted by atomic mass is 79.9. The summed E-state index contributed by atoms with van der Waals surface area (Å²) in [6.45, 7) is 2.11. The maximum absolute atomic E-state index is 10.5. The molecule has 29 heavy (non-hydrogen) atoms. The average Bonchev–Trinajstić information content (AvgIpc) is 3.14. The number of aromatic nitrogens is 3. The van der Waals surface area contributed by atoms with Gasteiger partial charge in [-0.2, -0.15) is 0 Å². The van der Waals surface area contributed by atoms with Gasteiger partial charge in [0, 0.05) is 10.7 Å². The Morgan fingerprint density at radius 3 is 2.90 bits per heavy atom. The fourth-order valence-electron chi connectivity index (χ4n) is 3.91. The number of anilines is 1. The minimum atomic E-state index is -1.08. The lowest BCUT2D eigenvalue weighted by Crippen LogP contribution is -2.30. The molecule has 0 aromatic carbocycles. The monoisotopic (exact) mass is 465 g/mol. The van der Waals surface area contributed by atoms with Gasteiger partial charge in [-0.25, -0.2) is 9.97 Å². The van der Waals surface area contributed by atoms with Crippen molar-refractivity contribution in [3.8, 4) is 0 Å². The van der Waals surface area contributed by atoms with Gasteiger partial charge in [0.1, 0.15) is 36.1 Å². The molecule has 1 saturated heterocycles. The maximum Gasteiger partial charge on any atom is 0.164 e. The molecule has 0 amide bonds. The van der Waals surface area contributed by atoms with Crippen LogP contribution in [0.15, 0.2) is 29.1 Å². The lowest BCUT2D eigenvalue weighted by atomic mass is 9.85. The molecule has 2 fully saturated rings. The van der Waals surface area contributed by atoms with Crippen LogP contribution in [-0.4, -0.2) is 56.1 Å². The van der Waals surface area contributed by atoms with Crippen molar-refractivity contribution in [3.63, 3.8) is 0 Å². The first-order valence-corrected chi connectivity index (χ1v) is 11.0. The third-order valence-corrected chi connectivity index (χ3v) is 6.45. The Balaban J connectivity index is 1.34. The summed E-state index contributed by atoms with van der Waals surface area (Å²) in [6, 6.07) is 0. The van der Waals surface area contributed by atoms with E-state index < -0.39 is 24.5 Å². The molecule has 4 atom stereocenters. The van der Waals surface area contributed by atoms with Gasteiger partial charge in [0.15, 0.2) is 6.23 Å². The van der Waals surface area contributed by atoms with E-state index in [1.807, 2.05) is 12.2 Å². The number of rotatable bonds is 8. The summed E-state index contributed by atoms with van der Waals surface area (Å²) in [7, 11) is 0. The van der Waals surface area contributed by atoms with Crippen molar-refractivity contribution in [2.24, 2.45) is 5.92 Å². The van der Waals surface area contributed by atoms with Crippen LogP contribution in [0, 0.1) is 5.92 Å². The van der Waals surface area contributed by atoms with Gasteiger partial charge in [0.2, 0.25) is 0 Å². The molecule has 0 bridgehead atoms. The minimum absolute atomic E-state index is 0.344. The highest BCUT2D eigenvalue weighted by Gasteiger charge is 2.43. The summed E-state index contributed by atoms with van der Waals surface area (Å²) in [6.07, 6.45) is 9.57. The SMILES string of the molecule is Nc1ncnc2c1c(Br)cn2[C@@H]1O[C@H](/C=C/CCCNCC2CCC2)[C@@H](O)[C@H]1O. The number of aliphatic hydroxyl groups excluding tert-OH is 2. The van der Waals surface area contributed by atoms with Gasteiger partial charge in [0.25, 0.3) is 0 Å². The highest BCUT2D eigenvalue weighted by Crippen LogP contribution is 2.36. The standard InChI is InChI=1S/C20H28BrN5O3/c21-13-10-26(19-15(13)18(22)24-11-25-19)20-17(28)16(27)14(29-20)7-2-1-3-8-23-9-12-5-4-6-12/h2,7,10-12,14,16-17,20,23,27-28H,1,3-6,8-9H2,(H2,22,24,25)/b7-2+/t14-,16-,17-,20-/m1/s1. The van der Waals surface area contributed by atoms with Crippen molar-refractivity contribution in [3.05, 3.63) is 29.1 Å². The molecule has 1 saturated carbocycles. The van der Waals surface area contributed by atoms with Crippen molar-refractivity contribution < 1.29 is 14.9 Å². The Morgan fingerprint density at radius 1 is 1.31 bits per heavy atom. The van der Waals surface area contributed by atoms with Gasteiger partial charge >= 0.3 is 0 Å². The van der Waals surface area contributed by atoms with Crippen LogP contribution in [-0.2, 0) is 4.74 Å². The number of ether oxygens (including phenoxy) is 1. The van der Waals surface area contributed by atoms with Gasteiger partial charge in [0.05, 0.1) is 5.39 Å². The fourth-order valence-corrected chi connectivity index (χ4v) is 4.51. The smallest absolute Gasteiger partial charge is 0.164 e. The number of allylic oxidation sites excluding steroid dienone is 1. The second-order valence-corrected chi connectivity index (χ2v) is 8.74. The van der Waals surface area contributed by atoms with E-state index in [2.05, 4.69) is 31.2 Å². The van der Waals surface area contributed by atoms with E-state index in [9.17, 15) is 10.2 Å². The van der Waals surface area contributed by atoms with Crippen LogP contribution in [0.2, 0.25) is 0 Å². The lowest BCUT2D eigenvalue weighted by molar-refractivity contribution is -0.0242. The molecule has 2 aromatic rings. The Morgan fingerprint density at radius 2 is 2.14 bits per heavy atom. The Hall–Kier alpha value is -1.52. The summed E-state index contributed by atoms with van der Waals surface area (Å²) >= 11 is 3.45. The van der Waals surface area contributed by atoms with E-state index in [0.29, 0.717) is 21.3 Å². The van der Waals surface area contributed by atoms with Crippen molar-refractivity contribution in [1.82, 2.24) is 19.9 Å². The van der Waals surface area contributed by atoms with E-state index in [1.165, 1.54) is 25.6 Å². The Labute approximate surface area is 178 Å². The van der Waals surface area contributed by atoms with Crippen LogP contribution >= 0.6 is 15.9 Å². The largest absolute Gasteiger partial charge is 0.387 e. The third-order valence-electron chi connectivity index (χ3n) is 5.85. The van der Waals surface area contributed by atoms with Gasteiger partial charge in [-0.05, 0) is 60.6 Å². The highest BCUT2D eigenvalue weighted by molar-refractivity contribution is 9.10. The van der Waals surface area contributed by atoms with E-state index in [4.69, 9.17) is 10.5 Å². The number of nitrogen functional groups attached to an aromatic ring is 1. The molecule has 0 spiro atoms. The van der Waals surface area contributed by atoms with Crippen molar-refractivity contribution in [2.45, 2.75) is 56.6 Å². The number of hydrogen-bond donors (Lipinski definition) is 4. The van der Waals surface area contributed by atoms with Gasteiger partial charge in [-0.15, -0.1) is 0 Å². The molecule has 5 N–H and O–H groups in total. The van der Waals surface area contributed by atoms with Crippen LogP contribution in [0.1, 0.15) is 38.3 Å². The molecule has 4 rings (SSSR count). The predicted molar refractivity (Wildman–Crippen MR) is 114 cm³/mol. The quantitative estimate of drug-likeness (QED) is 0.348. The number of nitrogens with one attached hydrogen (secondary N) is 1. The Bertz CT molecular complexity index is 869. The molecule has 2 aromatic heterocycles. The van der Waals surface area contributed by atoms with E-state index >= 15 is 0 Å². The van der Waals surface area contributed by atoms with Crippen LogP contribution in [0.4, 0.5) is 5.82 Å². The van der Waals surface area contributed by atoms with E-state index in [-0.39, 0.29) is 0 Å². The van der Waals surface area contributed by atoms with Crippen LogP contribution in [0.5, 0.6) is 0 Å². The first kappa shape index (κ1) is 20.7. The average molecular weight is 466 g/mol. The fraction of sp³-hybridized carbons (Fsp3) is 0.600. The summed E-state index contributed by atoms with van der Waals surface area (Å²) < 4.78 is 8.35. The molecule has 0 radical (unpaired) electrons. The maximum atomic E-state index is 10.5. The van der Waals surface area contributed by atoms with Crippen LogP contribution < -0.4 is 11.1 Å². The molecule has 3 heterocycles. The number of unbranched alkanes of at least 4 members (excludes halogenated alkanes) is 1. The normalized spacial score (nSPS) is 27.8. The molecular weight excluding hydrogens is 438 g/mol. The molecule has 9 heteroatoms. The topological polar surface area (TPSA) is 118 Å². The molecule has 2 aliphatic rings. The van der Waals surface area contributed by atoms with Gasteiger partial charge in [-0.1, -0.05) is 18.6 Å². The van der Waals surface area contributed by atoms with Crippen molar-refractivity contribution in [1.29, 1.82) is 0 Å². The summed E-state index contributed by atoms with van der Waals surface area (Å²) in [5, 5.41) is 25.1. The summed E-state index contributed by atoms with van der Waals surface area (Å²) in [5.41, 5.74) is 6.48. The van der Waals surface area contributed by atoms with Crippen molar-refractivity contribution >= 4 is 32.8 Å². The van der Waals surface area contributed by atoms with Crippen LogP contribution in [0.25, 0.3) is 11.0 Å². The number of fused-ring (bicyclic) bond motifs is 1. The number of hydrogen-bond acceptors (Lipinski definition) is 7. The lowest BCUT2D eigenvalue weighted by Gasteiger charge is -2.25. The molecule has 1 aliphatic heterocycles. The molecule has 1 aliphatic carbocycles. The third kappa shape index (κ3) is 4.34. The summed E-state index contributed by atoms with van der Waals surface area (Å²) in [5.74, 6) is 1.22. The first-order chi connectivity index (χ1) is 14.1. The van der Waals surface area contributed by atoms with Crippen molar-refractivity contribution in [2.75, 3.05) is 18.8 Å². The molecule has 0 unspecified atom stereocenters. The number of halogens is 1. The molecule has 158 valence electrons. The number of aliphatic hydroxyl groups is 2. The van der Waals surface area contributed by atoms with E-state index in [0.717, 1.165) is 31.8 Å². The minimum Gasteiger partial charge on any atom is -0.387 e. The van der Waals surface area contributed by atoms with Crippen LogP contribution in [0.3, 0.4) is 0 Å². The number of nitrogens with two attached hydrogens (primary N) is 1. The van der Waals surface area contributed by atoms with E-state index in [1.54, 1.807) is 10.8 Å². The van der Waals surface area contributed by atoms with Gasteiger partial charge < -0.3 is 30.6 Å². The Kier molecular flexibility index (Phi) is 6.50. The molecular formula is C20H28BrN5O3. The molecule has 8 nitrogen and oxygen atoms in total.